The van der Waals surface area contributed by atoms with Crippen molar-refractivity contribution in [1.29, 1.82) is 0 Å². The molecule has 0 saturated carbocycles. The van der Waals surface area contributed by atoms with Crippen LogP contribution in [0.25, 0.3) is 0 Å². The molecule has 0 unspecified atom stereocenters. The van der Waals surface area contributed by atoms with E-state index in [1.807, 2.05) is 0 Å². The molecule has 9 heteroatoms. The Morgan fingerprint density at radius 1 is 1.19 bits per heavy atom. The second-order valence-electron chi connectivity index (χ2n) is 6.48. The van der Waals surface area contributed by atoms with E-state index in [9.17, 15) is 13.2 Å². The highest BCUT2D eigenvalue weighted by molar-refractivity contribution is 7.91. The van der Waals surface area contributed by atoms with Crippen LogP contribution in [0, 0.1) is 5.92 Å². The smallest absolute Gasteiger partial charge is 0.252 e. The average molecular weight is 409 g/mol. The number of rotatable bonds is 4. The monoisotopic (exact) mass is 408 g/mol. The first-order valence-corrected chi connectivity index (χ1v) is 11.1. The van der Waals surface area contributed by atoms with Gasteiger partial charge in [-0.25, -0.2) is 8.42 Å². The van der Waals surface area contributed by atoms with Gasteiger partial charge in [-0.15, -0.1) is 11.3 Å². The maximum absolute atomic E-state index is 12.7. The lowest BCUT2D eigenvalue weighted by Gasteiger charge is -2.30. The fourth-order valence-corrected chi connectivity index (χ4v) is 5.95. The molecule has 1 amide bonds. The normalized spacial score (nSPS) is 20.2. The Balaban J connectivity index is 1.44. The van der Waals surface area contributed by atoms with Gasteiger partial charge in [-0.1, -0.05) is 6.07 Å². The molecule has 1 N–H and O–H groups in total. The summed E-state index contributed by atoms with van der Waals surface area (Å²) in [5, 5.41) is 4.61. The fourth-order valence-electron chi connectivity index (χ4n) is 3.28. The number of nitrogens with one attached hydrogen (secondary N) is 1. The number of thiophene rings is 1. The second kappa shape index (κ2) is 7.49. The van der Waals surface area contributed by atoms with Crippen LogP contribution in [0.2, 0.25) is 0 Å². The Labute approximate surface area is 161 Å². The van der Waals surface area contributed by atoms with E-state index in [2.05, 4.69) is 5.32 Å². The van der Waals surface area contributed by atoms with Crippen molar-refractivity contribution in [2.24, 2.45) is 5.92 Å². The van der Waals surface area contributed by atoms with Crippen molar-refractivity contribution in [1.82, 2.24) is 4.31 Å². The van der Waals surface area contributed by atoms with E-state index in [1.165, 1.54) is 15.6 Å². The van der Waals surface area contributed by atoms with Crippen molar-refractivity contribution in [3.63, 3.8) is 0 Å². The van der Waals surface area contributed by atoms with Crippen LogP contribution in [0.15, 0.2) is 39.9 Å². The molecule has 0 bridgehead atoms. The van der Waals surface area contributed by atoms with Crippen LogP contribution in [0.3, 0.4) is 0 Å². The van der Waals surface area contributed by atoms with Gasteiger partial charge in [0.15, 0.2) is 11.5 Å². The first-order chi connectivity index (χ1) is 13.0. The first kappa shape index (κ1) is 18.3. The van der Waals surface area contributed by atoms with Crippen molar-refractivity contribution in [3.05, 3.63) is 35.7 Å². The summed E-state index contributed by atoms with van der Waals surface area (Å²) >= 11 is 1.19. The number of nitrogens with zero attached hydrogens (tertiary/aromatic N) is 1. The molecule has 2 aromatic rings. The minimum Gasteiger partial charge on any atom is -0.486 e. The van der Waals surface area contributed by atoms with Gasteiger partial charge < -0.3 is 14.8 Å². The van der Waals surface area contributed by atoms with E-state index in [0.29, 0.717) is 54.0 Å². The Bertz CT molecular complexity index is 927. The van der Waals surface area contributed by atoms with Gasteiger partial charge in [-0.2, -0.15) is 4.31 Å². The lowest BCUT2D eigenvalue weighted by Crippen LogP contribution is -2.43. The highest BCUT2D eigenvalue weighted by atomic mass is 32.2. The first-order valence-electron chi connectivity index (χ1n) is 8.78. The Kier molecular flexibility index (Phi) is 5.07. The van der Waals surface area contributed by atoms with E-state index < -0.39 is 10.0 Å². The predicted molar refractivity (Wildman–Crippen MR) is 102 cm³/mol. The number of fused-ring (bicyclic) bond motifs is 1. The minimum atomic E-state index is -3.53. The quantitative estimate of drug-likeness (QED) is 0.840. The molecule has 0 radical (unpaired) electrons. The van der Waals surface area contributed by atoms with Gasteiger partial charge in [0.1, 0.15) is 17.4 Å². The molecule has 3 heterocycles. The third-order valence-electron chi connectivity index (χ3n) is 4.65. The van der Waals surface area contributed by atoms with E-state index >= 15 is 0 Å². The fraction of sp³-hybridized carbons (Fsp3) is 0.389. The molecule has 1 aromatic heterocycles. The highest BCUT2D eigenvalue weighted by Gasteiger charge is 2.33. The Morgan fingerprint density at radius 3 is 2.78 bits per heavy atom. The number of anilines is 1. The van der Waals surface area contributed by atoms with E-state index in [0.717, 1.165) is 0 Å². The summed E-state index contributed by atoms with van der Waals surface area (Å²) in [4.78, 5) is 12.7. The molecule has 2 aliphatic rings. The molecule has 144 valence electrons. The van der Waals surface area contributed by atoms with Crippen LogP contribution in [0.4, 0.5) is 5.69 Å². The van der Waals surface area contributed by atoms with Gasteiger partial charge in [0.2, 0.25) is 5.91 Å². The maximum atomic E-state index is 12.7. The predicted octanol–water partition coefficient (Wildman–Crippen LogP) is 2.56. The number of hydrogen-bond donors (Lipinski definition) is 1. The van der Waals surface area contributed by atoms with Crippen LogP contribution in [-0.4, -0.2) is 44.9 Å². The number of carbonyl (C=O) groups excluding carboxylic acids is 1. The number of ether oxygens (including phenoxy) is 2. The molecule has 1 saturated heterocycles. The molecular weight excluding hydrogens is 388 g/mol. The summed E-state index contributed by atoms with van der Waals surface area (Å²) in [7, 11) is -3.53. The number of benzene rings is 1. The van der Waals surface area contributed by atoms with E-state index in [1.54, 1.807) is 35.7 Å². The van der Waals surface area contributed by atoms with Gasteiger partial charge in [0.05, 0.1) is 5.92 Å². The zero-order valence-electron chi connectivity index (χ0n) is 14.6. The molecular formula is C18H20N2O5S2. The summed E-state index contributed by atoms with van der Waals surface area (Å²) < 4.78 is 38.2. The summed E-state index contributed by atoms with van der Waals surface area (Å²) in [5.74, 6) is 0.689. The van der Waals surface area contributed by atoms with Crippen molar-refractivity contribution >= 4 is 33.0 Å². The lowest BCUT2D eigenvalue weighted by molar-refractivity contribution is -0.120. The summed E-state index contributed by atoms with van der Waals surface area (Å²) in [6.45, 7) is 1.61. The van der Waals surface area contributed by atoms with Crippen LogP contribution in [0.5, 0.6) is 11.5 Å². The molecule has 0 spiro atoms. The topological polar surface area (TPSA) is 84.9 Å². The molecule has 0 aliphatic carbocycles. The third kappa shape index (κ3) is 3.80. The van der Waals surface area contributed by atoms with E-state index in [-0.39, 0.29) is 18.4 Å². The molecule has 4 rings (SSSR count). The molecule has 27 heavy (non-hydrogen) atoms. The number of piperidine rings is 1. The van der Waals surface area contributed by atoms with Gasteiger partial charge in [-0.3, -0.25) is 4.79 Å². The van der Waals surface area contributed by atoms with E-state index in [4.69, 9.17) is 9.47 Å². The summed E-state index contributed by atoms with van der Waals surface area (Å²) in [6, 6.07) is 8.56. The van der Waals surface area contributed by atoms with Crippen molar-refractivity contribution < 1.29 is 22.7 Å². The van der Waals surface area contributed by atoms with Crippen LogP contribution in [-0.2, 0) is 14.8 Å². The highest BCUT2D eigenvalue weighted by Crippen LogP contribution is 2.33. The number of carbonyl (C=O) groups is 1. The maximum Gasteiger partial charge on any atom is 0.252 e. The Hall–Kier alpha value is -2.10. The van der Waals surface area contributed by atoms with Crippen LogP contribution < -0.4 is 14.8 Å². The standard InChI is InChI=1S/C18H20N2O5S2/c21-18(19-14-5-6-15-16(11-14)25-9-8-24-15)13-3-1-7-20(12-13)27(22,23)17-4-2-10-26-17/h2,4-6,10-11,13H,1,3,7-9,12H2,(H,19,21)/t13-/m1/s1. The number of sulfonamides is 1. The van der Waals surface area contributed by atoms with Gasteiger partial charge in [-0.05, 0) is 36.4 Å². The summed E-state index contributed by atoms with van der Waals surface area (Å²) in [6.07, 6.45) is 1.32. The van der Waals surface area contributed by atoms with Crippen molar-refractivity contribution in [3.8, 4) is 11.5 Å². The molecule has 1 atom stereocenters. The number of amides is 1. The average Bonchev–Trinajstić information content (AvgIpc) is 3.24. The SMILES string of the molecule is O=C(Nc1ccc2c(c1)OCCO2)[C@@H]1CCCN(S(=O)(=O)c2cccs2)C1. The van der Waals surface area contributed by atoms with Crippen molar-refractivity contribution in [2.75, 3.05) is 31.6 Å². The molecule has 7 nitrogen and oxygen atoms in total. The van der Waals surface area contributed by atoms with Gasteiger partial charge >= 0.3 is 0 Å². The minimum absolute atomic E-state index is 0.183. The molecule has 1 aromatic carbocycles. The van der Waals surface area contributed by atoms with Gasteiger partial charge in [0.25, 0.3) is 10.0 Å². The molecule has 1 fully saturated rings. The lowest BCUT2D eigenvalue weighted by atomic mass is 9.98. The number of hydrogen-bond acceptors (Lipinski definition) is 6. The second-order valence-corrected chi connectivity index (χ2v) is 9.59. The zero-order chi connectivity index (χ0) is 18.9. The Morgan fingerprint density at radius 2 is 2.00 bits per heavy atom. The molecule has 2 aliphatic heterocycles. The summed E-state index contributed by atoms with van der Waals surface area (Å²) in [5.41, 5.74) is 0.613. The van der Waals surface area contributed by atoms with Crippen LogP contribution >= 0.6 is 11.3 Å². The van der Waals surface area contributed by atoms with Crippen LogP contribution in [0.1, 0.15) is 12.8 Å². The third-order valence-corrected chi connectivity index (χ3v) is 7.89. The zero-order valence-corrected chi connectivity index (χ0v) is 16.2. The largest absolute Gasteiger partial charge is 0.486 e. The van der Waals surface area contributed by atoms with Gasteiger partial charge in [0, 0.05) is 24.8 Å². The van der Waals surface area contributed by atoms with Crippen molar-refractivity contribution in [2.45, 2.75) is 17.1 Å².